The largest absolute Gasteiger partial charge is 0.507 e. The molecule has 142 valence electrons. The molecule has 0 unspecified atom stereocenters. The number of hydrogen-bond donors (Lipinski definition) is 3. The fourth-order valence-electron chi connectivity index (χ4n) is 4.26. The summed E-state index contributed by atoms with van der Waals surface area (Å²) < 4.78 is 0. The van der Waals surface area contributed by atoms with E-state index in [4.69, 9.17) is 5.73 Å². The molecule has 0 heterocycles. The van der Waals surface area contributed by atoms with Gasteiger partial charge in [0.15, 0.2) is 11.6 Å². The van der Waals surface area contributed by atoms with Crippen molar-refractivity contribution in [3.8, 4) is 22.6 Å². The molecule has 3 aromatic rings. The van der Waals surface area contributed by atoms with Gasteiger partial charge in [0, 0.05) is 38.6 Å². The summed E-state index contributed by atoms with van der Waals surface area (Å²) in [6.45, 7) is 0. The van der Waals surface area contributed by atoms with Gasteiger partial charge < -0.3 is 15.9 Å². The van der Waals surface area contributed by atoms with E-state index in [0.717, 1.165) is 5.56 Å². The molecule has 0 spiro atoms. The molecule has 0 atom stereocenters. The van der Waals surface area contributed by atoms with E-state index < -0.39 is 5.91 Å². The van der Waals surface area contributed by atoms with Gasteiger partial charge in [-0.1, -0.05) is 6.07 Å². The number of aromatic hydroxyl groups is 2. The summed E-state index contributed by atoms with van der Waals surface area (Å²) in [7, 11) is 0. The highest BCUT2D eigenvalue weighted by Crippen LogP contribution is 2.49. The maximum atomic E-state index is 12.2. The fourth-order valence-corrected chi connectivity index (χ4v) is 4.26. The van der Waals surface area contributed by atoms with Crippen LogP contribution in [0.5, 0.6) is 11.5 Å². The molecular formula is C23H15NO5. The Morgan fingerprint density at radius 3 is 2.07 bits per heavy atom. The molecule has 0 aromatic heterocycles. The third-order valence-corrected chi connectivity index (χ3v) is 5.72. The number of carbonyl (C=O) groups excluding carboxylic acids is 3. The number of aryl methyl sites for hydroxylation is 1. The van der Waals surface area contributed by atoms with Crippen LogP contribution in [0.3, 0.4) is 0 Å². The van der Waals surface area contributed by atoms with Crippen LogP contribution < -0.4 is 5.73 Å². The molecule has 0 saturated carbocycles. The standard InChI is InChI=1S/C23H15NO5/c24-23(29)11-2-1-10-3-4-12-20(13(10)7-11)22(28)17-9-15-14(8-16(17)21(12)27)18(25)5-6-19(15)26/h1-2,5-9,27-28H,3-4H2,(H2,24,29). The van der Waals surface area contributed by atoms with E-state index in [1.165, 1.54) is 24.3 Å². The van der Waals surface area contributed by atoms with Gasteiger partial charge in [-0.05, 0) is 60.4 Å². The number of phenolic OH excluding ortho intramolecular Hbond substituents is 2. The molecule has 4 N–H and O–H groups in total. The van der Waals surface area contributed by atoms with Crippen molar-refractivity contribution in [2.75, 3.05) is 0 Å². The van der Waals surface area contributed by atoms with E-state index in [-0.39, 0.29) is 39.6 Å². The van der Waals surface area contributed by atoms with Crippen LogP contribution in [-0.4, -0.2) is 27.7 Å². The van der Waals surface area contributed by atoms with E-state index in [2.05, 4.69) is 0 Å². The summed E-state index contributed by atoms with van der Waals surface area (Å²) in [6.07, 6.45) is 3.50. The first-order chi connectivity index (χ1) is 13.9. The van der Waals surface area contributed by atoms with Crippen molar-refractivity contribution in [3.63, 3.8) is 0 Å². The highest BCUT2D eigenvalue weighted by Gasteiger charge is 2.28. The molecule has 2 aliphatic carbocycles. The third kappa shape index (κ3) is 2.32. The molecule has 5 rings (SSSR count). The summed E-state index contributed by atoms with van der Waals surface area (Å²) >= 11 is 0. The summed E-state index contributed by atoms with van der Waals surface area (Å²) in [5, 5.41) is 22.7. The summed E-state index contributed by atoms with van der Waals surface area (Å²) in [5.74, 6) is -1.40. The van der Waals surface area contributed by atoms with Gasteiger partial charge >= 0.3 is 0 Å². The van der Waals surface area contributed by atoms with Crippen LogP contribution in [0.4, 0.5) is 0 Å². The lowest BCUT2D eigenvalue weighted by Gasteiger charge is -2.24. The first-order valence-corrected chi connectivity index (χ1v) is 9.11. The van der Waals surface area contributed by atoms with Crippen LogP contribution in [0, 0.1) is 0 Å². The molecule has 6 heteroatoms. The molecule has 2 aliphatic rings. The zero-order valence-electron chi connectivity index (χ0n) is 15.2. The molecule has 6 nitrogen and oxygen atoms in total. The van der Waals surface area contributed by atoms with E-state index in [9.17, 15) is 24.6 Å². The second kappa shape index (κ2) is 5.78. The van der Waals surface area contributed by atoms with Crippen LogP contribution in [0.2, 0.25) is 0 Å². The summed E-state index contributed by atoms with van der Waals surface area (Å²) in [6, 6.07) is 7.93. The van der Waals surface area contributed by atoms with Gasteiger partial charge in [0.05, 0.1) is 0 Å². The molecule has 0 aliphatic heterocycles. The van der Waals surface area contributed by atoms with Crippen LogP contribution in [0.25, 0.3) is 21.9 Å². The lowest BCUT2D eigenvalue weighted by molar-refractivity contribution is 0.0994. The predicted octanol–water partition coefficient (Wildman–Crippen LogP) is 3.05. The minimum atomic E-state index is -0.589. The van der Waals surface area contributed by atoms with Gasteiger partial charge in [-0.15, -0.1) is 0 Å². The maximum absolute atomic E-state index is 12.2. The van der Waals surface area contributed by atoms with Crippen LogP contribution in [-0.2, 0) is 12.8 Å². The first kappa shape index (κ1) is 17.2. The zero-order valence-corrected chi connectivity index (χ0v) is 15.2. The summed E-state index contributed by atoms with van der Waals surface area (Å²) in [4.78, 5) is 36.1. The molecule has 1 amide bonds. The van der Waals surface area contributed by atoms with Crippen molar-refractivity contribution in [2.45, 2.75) is 12.8 Å². The number of amides is 1. The topological polar surface area (TPSA) is 118 Å². The number of primary amides is 1. The minimum absolute atomic E-state index is 0.0412. The molecule has 0 saturated heterocycles. The minimum Gasteiger partial charge on any atom is -0.507 e. The SMILES string of the molecule is NC(=O)c1ccc2c(c1)-c1c(c(O)c3cc4c(cc3c1O)C(=O)C=CC4=O)CC2. The zero-order chi connectivity index (χ0) is 20.4. The number of carbonyl (C=O) groups is 3. The van der Waals surface area contributed by atoms with Gasteiger partial charge in [0.1, 0.15) is 11.5 Å². The fraction of sp³-hybridized carbons (Fsp3) is 0.0870. The molecular weight excluding hydrogens is 370 g/mol. The Morgan fingerprint density at radius 2 is 1.45 bits per heavy atom. The lowest BCUT2D eigenvalue weighted by atomic mass is 9.80. The monoisotopic (exact) mass is 385 g/mol. The van der Waals surface area contributed by atoms with Crippen molar-refractivity contribution in [2.24, 2.45) is 5.73 Å². The van der Waals surface area contributed by atoms with E-state index in [0.29, 0.717) is 40.5 Å². The molecule has 0 bridgehead atoms. The summed E-state index contributed by atoms with van der Waals surface area (Å²) in [5.41, 5.74) is 8.58. The maximum Gasteiger partial charge on any atom is 0.248 e. The Kier molecular flexibility index (Phi) is 3.43. The average molecular weight is 385 g/mol. The van der Waals surface area contributed by atoms with Gasteiger partial charge in [-0.3, -0.25) is 14.4 Å². The second-order valence-electron chi connectivity index (χ2n) is 7.29. The van der Waals surface area contributed by atoms with Gasteiger partial charge in [0.2, 0.25) is 5.91 Å². The van der Waals surface area contributed by atoms with Crippen molar-refractivity contribution >= 4 is 28.2 Å². The number of phenols is 2. The predicted molar refractivity (Wildman–Crippen MR) is 106 cm³/mol. The van der Waals surface area contributed by atoms with Gasteiger partial charge in [-0.2, -0.15) is 0 Å². The Labute approximate surface area is 164 Å². The van der Waals surface area contributed by atoms with Crippen LogP contribution in [0.1, 0.15) is 42.2 Å². The van der Waals surface area contributed by atoms with Crippen molar-refractivity contribution in [1.29, 1.82) is 0 Å². The number of hydrogen-bond acceptors (Lipinski definition) is 5. The normalized spacial score (nSPS) is 14.5. The Bertz CT molecular complexity index is 1330. The lowest BCUT2D eigenvalue weighted by Crippen LogP contribution is -2.13. The second-order valence-corrected chi connectivity index (χ2v) is 7.29. The quantitative estimate of drug-likeness (QED) is 0.557. The Morgan fingerprint density at radius 1 is 0.828 bits per heavy atom. The van der Waals surface area contributed by atoms with Crippen LogP contribution in [0.15, 0.2) is 42.5 Å². The Balaban J connectivity index is 1.87. The number of allylic oxidation sites excluding steroid dienone is 2. The molecule has 29 heavy (non-hydrogen) atoms. The average Bonchev–Trinajstić information content (AvgIpc) is 2.72. The highest BCUT2D eigenvalue weighted by molar-refractivity contribution is 6.24. The van der Waals surface area contributed by atoms with Crippen LogP contribution >= 0.6 is 0 Å². The van der Waals surface area contributed by atoms with Gasteiger partial charge in [-0.25, -0.2) is 0 Å². The van der Waals surface area contributed by atoms with E-state index >= 15 is 0 Å². The van der Waals surface area contributed by atoms with E-state index in [1.54, 1.807) is 18.2 Å². The van der Waals surface area contributed by atoms with Gasteiger partial charge in [0.25, 0.3) is 0 Å². The highest BCUT2D eigenvalue weighted by atomic mass is 16.3. The first-order valence-electron chi connectivity index (χ1n) is 9.11. The Hall–Kier alpha value is -3.93. The number of ketones is 2. The number of nitrogens with two attached hydrogens (primary N) is 1. The van der Waals surface area contributed by atoms with Crippen molar-refractivity contribution in [1.82, 2.24) is 0 Å². The van der Waals surface area contributed by atoms with Crippen molar-refractivity contribution in [3.05, 3.63) is 70.3 Å². The molecule has 3 aromatic carbocycles. The molecule has 0 fully saturated rings. The smallest absolute Gasteiger partial charge is 0.248 e. The van der Waals surface area contributed by atoms with E-state index in [1.807, 2.05) is 0 Å². The molecule has 0 radical (unpaired) electrons. The van der Waals surface area contributed by atoms with Crippen molar-refractivity contribution < 1.29 is 24.6 Å². The number of fused-ring (bicyclic) bond motifs is 5. The number of rotatable bonds is 1. The third-order valence-electron chi connectivity index (χ3n) is 5.72. The number of benzene rings is 3.